The molecule has 0 aliphatic carbocycles. The molecule has 1 aromatic rings. The fourth-order valence-corrected chi connectivity index (χ4v) is 1.93. The molecular weight excluding hydrogens is 260 g/mol. The number of hydrogen-bond acceptors (Lipinski definition) is 3. The molecule has 2 unspecified atom stereocenters. The molecule has 7 heteroatoms. The number of aromatic amines is 1. The lowest BCUT2D eigenvalue weighted by atomic mass is 10.1. The Kier molecular flexibility index (Phi) is 6.55. The second-order valence-corrected chi connectivity index (χ2v) is 4.68. The molecule has 0 aromatic carbocycles. The summed E-state index contributed by atoms with van der Waals surface area (Å²) in [5.74, 6) is -1.07. The van der Waals surface area contributed by atoms with Gasteiger partial charge in [-0.25, -0.2) is 14.6 Å². The maximum Gasteiger partial charge on any atom is 0.326 e. The van der Waals surface area contributed by atoms with E-state index in [0.717, 1.165) is 19.3 Å². The molecule has 0 bridgehead atoms. The van der Waals surface area contributed by atoms with Crippen molar-refractivity contribution in [3.63, 3.8) is 0 Å². The molecule has 1 rings (SSSR count). The lowest BCUT2D eigenvalue weighted by molar-refractivity contribution is -0.139. The fourth-order valence-electron chi connectivity index (χ4n) is 1.93. The van der Waals surface area contributed by atoms with E-state index in [0.29, 0.717) is 5.69 Å². The van der Waals surface area contributed by atoms with Gasteiger partial charge in [-0.1, -0.05) is 20.3 Å². The van der Waals surface area contributed by atoms with Crippen LogP contribution in [0.2, 0.25) is 0 Å². The van der Waals surface area contributed by atoms with Gasteiger partial charge in [-0.3, -0.25) is 0 Å². The summed E-state index contributed by atoms with van der Waals surface area (Å²) in [5, 5.41) is 14.4. The minimum atomic E-state index is -1.07. The number of nitrogens with zero attached hydrogens (tertiary/aromatic N) is 1. The molecule has 0 aliphatic heterocycles. The zero-order valence-corrected chi connectivity index (χ0v) is 11.8. The monoisotopic (exact) mass is 282 g/mol. The Morgan fingerprint density at radius 2 is 2.15 bits per heavy atom. The van der Waals surface area contributed by atoms with E-state index in [4.69, 9.17) is 5.11 Å². The molecular formula is C13H22N4O3. The first kappa shape index (κ1) is 16.0. The number of carboxylic acid groups (broad SMARTS) is 1. The number of aliphatic carboxylic acids is 1. The van der Waals surface area contributed by atoms with Crippen molar-refractivity contribution in [3.8, 4) is 0 Å². The molecule has 112 valence electrons. The maximum absolute atomic E-state index is 11.8. The lowest BCUT2D eigenvalue weighted by Crippen LogP contribution is -2.49. The van der Waals surface area contributed by atoms with Crippen molar-refractivity contribution in [1.29, 1.82) is 0 Å². The number of rotatable bonds is 8. The molecule has 0 saturated heterocycles. The van der Waals surface area contributed by atoms with Crippen LogP contribution in [0.15, 0.2) is 12.5 Å². The van der Waals surface area contributed by atoms with E-state index in [-0.39, 0.29) is 12.5 Å². The zero-order chi connectivity index (χ0) is 15.0. The molecule has 4 N–H and O–H groups in total. The van der Waals surface area contributed by atoms with Gasteiger partial charge in [0, 0.05) is 24.4 Å². The van der Waals surface area contributed by atoms with Crippen molar-refractivity contribution in [2.24, 2.45) is 0 Å². The highest BCUT2D eigenvalue weighted by molar-refractivity contribution is 5.82. The fraction of sp³-hybridized carbons (Fsp3) is 0.615. The Hall–Kier alpha value is -2.05. The summed E-state index contributed by atoms with van der Waals surface area (Å²) in [5.41, 5.74) is 0.665. The number of urea groups is 1. The summed E-state index contributed by atoms with van der Waals surface area (Å²) in [6.45, 7) is 4.03. The maximum atomic E-state index is 11.8. The first-order valence-electron chi connectivity index (χ1n) is 6.83. The summed E-state index contributed by atoms with van der Waals surface area (Å²) in [6, 6.07) is -1.35. The van der Waals surface area contributed by atoms with Crippen LogP contribution in [0.4, 0.5) is 4.79 Å². The summed E-state index contributed by atoms with van der Waals surface area (Å²) in [7, 11) is 0. The molecule has 2 amide bonds. The molecule has 0 spiro atoms. The number of carbonyl (C=O) groups excluding carboxylic acids is 1. The Bertz CT molecular complexity index is 419. The third kappa shape index (κ3) is 5.29. The van der Waals surface area contributed by atoms with Gasteiger partial charge >= 0.3 is 12.0 Å². The molecule has 1 aromatic heterocycles. The molecule has 20 heavy (non-hydrogen) atoms. The van der Waals surface area contributed by atoms with Gasteiger partial charge in [0.25, 0.3) is 0 Å². The number of aromatic nitrogens is 2. The van der Waals surface area contributed by atoms with E-state index < -0.39 is 18.0 Å². The van der Waals surface area contributed by atoms with Crippen LogP contribution < -0.4 is 10.6 Å². The van der Waals surface area contributed by atoms with E-state index in [1.165, 1.54) is 6.33 Å². The largest absolute Gasteiger partial charge is 0.480 e. The van der Waals surface area contributed by atoms with Crippen LogP contribution in [0, 0.1) is 0 Å². The number of H-pyrrole nitrogens is 1. The first-order chi connectivity index (χ1) is 9.56. The van der Waals surface area contributed by atoms with Crippen LogP contribution in [0.25, 0.3) is 0 Å². The van der Waals surface area contributed by atoms with E-state index >= 15 is 0 Å². The third-order valence-electron chi connectivity index (χ3n) is 3.05. The predicted octanol–water partition coefficient (Wildman–Crippen LogP) is 1.28. The Morgan fingerprint density at radius 1 is 1.40 bits per heavy atom. The Balaban J connectivity index is 2.52. The van der Waals surface area contributed by atoms with E-state index in [2.05, 4.69) is 20.6 Å². The number of carbonyl (C=O) groups is 2. The third-order valence-corrected chi connectivity index (χ3v) is 3.05. The first-order valence-corrected chi connectivity index (χ1v) is 6.83. The summed E-state index contributed by atoms with van der Waals surface area (Å²) >= 11 is 0. The summed E-state index contributed by atoms with van der Waals surface area (Å²) in [6.07, 6.45) is 5.86. The molecule has 7 nitrogen and oxygen atoms in total. The van der Waals surface area contributed by atoms with Crippen LogP contribution >= 0.6 is 0 Å². The van der Waals surface area contributed by atoms with Crippen molar-refractivity contribution < 1.29 is 14.7 Å². The van der Waals surface area contributed by atoms with Gasteiger partial charge < -0.3 is 20.7 Å². The van der Waals surface area contributed by atoms with Crippen molar-refractivity contribution >= 4 is 12.0 Å². The number of amides is 2. The average molecular weight is 282 g/mol. The quantitative estimate of drug-likeness (QED) is 0.576. The average Bonchev–Trinajstić information content (AvgIpc) is 2.90. The number of carboxylic acids is 1. The van der Waals surface area contributed by atoms with Gasteiger partial charge in [-0.05, 0) is 12.8 Å². The molecule has 2 atom stereocenters. The molecule has 0 fully saturated rings. The van der Waals surface area contributed by atoms with Crippen LogP contribution in [0.3, 0.4) is 0 Å². The zero-order valence-electron chi connectivity index (χ0n) is 11.8. The SMILES string of the molecule is CCCC(CC)NC(=O)NC(Cc1cnc[nH]1)C(=O)O. The Labute approximate surface area is 118 Å². The highest BCUT2D eigenvalue weighted by Crippen LogP contribution is 2.02. The minimum absolute atomic E-state index is 0.0709. The molecule has 1 heterocycles. The van der Waals surface area contributed by atoms with Crippen molar-refractivity contribution in [1.82, 2.24) is 20.6 Å². The predicted molar refractivity (Wildman–Crippen MR) is 74.4 cm³/mol. The van der Waals surface area contributed by atoms with Crippen molar-refractivity contribution in [3.05, 3.63) is 18.2 Å². The van der Waals surface area contributed by atoms with Crippen LogP contribution in [-0.2, 0) is 11.2 Å². The van der Waals surface area contributed by atoms with Gasteiger partial charge in [0.15, 0.2) is 0 Å². The second kappa shape index (κ2) is 8.19. The number of imidazole rings is 1. The second-order valence-electron chi connectivity index (χ2n) is 4.68. The van der Waals surface area contributed by atoms with Crippen LogP contribution in [-0.4, -0.2) is 39.2 Å². The van der Waals surface area contributed by atoms with Crippen molar-refractivity contribution in [2.45, 2.75) is 51.6 Å². The van der Waals surface area contributed by atoms with E-state index in [1.54, 1.807) is 6.20 Å². The summed E-state index contributed by atoms with van der Waals surface area (Å²) in [4.78, 5) is 29.6. The van der Waals surface area contributed by atoms with Gasteiger partial charge in [0.2, 0.25) is 0 Å². The standard InChI is InChI=1S/C13H22N4O3/c1-3-5-9(4-2)16-13(20)17-11(12(18)19)6-10-7-14-8-15-10/h7-9,11H,3-6H2,1-2H3,(H,14,15)(H,18,19)(H2,16,17,20). The van der Waals surface area contributed by atoms with Crippen LogP contribution in [0.1, 0.15) is 38.8 Å². The van der Waals surface area contributed by atoms with E-state index in [9.17, 15) is 9.59 Å². The summed E-state index contributed by atoms with van der Waals surface area (Å²) < 4.78 is 0. The topological polar surface area (TPSA) is 107 Å². The molecule has 0 radical (unpaired) electrons. The number of hydrogen-bond donors (Lipinski definition) is 4. The van der Waals surface area contributed by atoms with Crippen LogP contribution in [0.5, 0.6) is 0 Å². The van der Waals surface area contributed by atoms with Gasteiger partial charge in [-0.15, -0.1) is 0 Å². The van der Waals surface area contributed by atoms with Gasteiger partial charge in [0.05, 0.1) is 6.33 Å². The van der Waals surface area contributed by atoms with Crippen molar-refractivity contribution in [2.75, 3.05) is 0 Å². The lowest BCUT2D eigenvalue weighted by Gasteiger charge is -2.19. The van der Waals surface area contributed by atoms with Gasteiger partial charge in [0.1, 0.15) is 6.04 Å². The molecule has 0 aliphatic rings. The highest BCUT2D eigenvalue weighted by atomic mass is 16.4. The number of nitrogens with one attached hydrogen (secondary N) is 3. The highest BCUT2D eigenvalue weighted by Gasteiger charge is 2.21. The van der Waals surface area contributed by atoms with E-state index in [1.807, 2.05) is 13.8 Å². The minimum Gasteiger partial charge on any atom is -0.480 e. The molecule has 0 saturated carbocycles. The smallest absolute Gasteiger partial charge is 0.326 e. The normalized spacial score (nSPS) is 13.5. The van der Waals surface area contributed by atoms with Gasteiger partial charge in [-0.2, -0.15) is 0 Å². The Morgan fingerprint density at radius 3 is 2.65 bits per heavy atom.